The fourth-order valence-electron chi connectivity index (χ4n) is 2.92. The van der Waals surface area contributed by atoms with Crippen molar-refractivity contribution in [2.24, 2.45) is 0 Å². The first-order valence-electron chi connectivity index (χ1n) is 7.13. The minimum Gasteiger partial charge on any atom is -0.367 e. The van der Waals surface area contributed by atoms with Crippen LogP contribution in [0.2, 0.25) is 0 Å². The van der Waals surface area contributed by atoms with Crippen LogP contribution in [0.3, 0.4) is 0 Å². The van der Waals surface area contributed by atoms with Crippen molar-refractivity contribution in [3.63, 3.8) is 0 Å². The molecule has 1 heterocycles. The standard InChI is InChI=1S/C18H21N/c1-14-7-9-17(10-8-14)19-12-11-15(2)18-6-4-3-5-16(18)13-19/h3-10,15H,11-13H2,1-2H3. The maximum Gasteiger partial charge on any atom is 0.0432 e. The maximum atomic E-state index is 2.50. The van der Waals surface area contributed by atoms with Gasteiger partial charge in [0.25, 0.3) is 0 Å². The summed E-state index contributed by atoms with van der Waals surface area (Å²) in [6.45, 7) is 6.66. The van der Waals surface area contributed by atoms with Gasteiger partial charge in [-0.3, -0.25) is 0 Å². The zero-order chi connectivity index (χ0) is 13.2. The number of rotatable bonds is 1. The van der Waals surface area contributed by atoms with Crippen LogP contribution in [-0.4, -0.2) is 6.54 Å². The molecule has 1 unspecified atom stereocenters. The fourth-order valence-corrected chi connectivity index (χ4v) is 2.92. The highest BCUT2D eigenvalue weighted by Crippen LogP contribution is 2.30. The van der Waals surface area contributed by atoms with E-state index in [0.29, 0.717) is 5.92 Å². The lowest BCUT2D eigenvalue weighted by Crippen LogP contribution is -2.22. The Labute approximate surface area is 115 Å². The molecule has 2 aromatic carbocycles. The average molecular weight is 251 g/mol. The summed E-state index contributed by atoms with van der Waals surface area (Å²) in [6, 6.07) is 17.8. The minimum atomic E-state index is 0.659. The first-order valence-corrected chi connectivity index (χ1v) is 7.13. The molecule has 0 bridgehead atoms. The zero-order valence-electron chi connectivity index (χ0n) is 11.8. The van der Waals surface area contributed by atoms with Gasteiger partial charge in [-0.25, -0.2) is 0 Å². The van der Waals surface area contributed by atoms with E-state index in [1.165, 1.54) is 28.8 Å². The number of aryl methyl sites for hydroxylation is 1. The second-order valence-corrected chi connectivity index (χ2v) is 5.65. The predicted molar refractivity (Wildman–Crippen MR) is 81.7 cm³/mol. The first-order chi connectivity index (χ1) is 9.24. The summed E-state index contributed by atoms with van der Waals surface area (Å²) in [5.41, 5.74) is 5.67. The molecule has 0 spiro atoms. The van der Waals surface area contributed by atoms with Crippen molar-refractivity contribution >= 4 is 5.69 Å². The van der Waals surface area contributed by atoms with Crippen LogP contribution >= 0.6 is 0 Å². The summed E-state index contributed by atoms with van der Waals surface area (Å²) in [4.78, 5) is 2.50. The van der Waals surface area contributed by atoms with Crippen LogP contribution in [0.4, 0.5) is 5.69 Å². The molecule has 0 amide bonds. The lowest BCUT2D eigenvalue weighted by atomic mass is 9.95. The van der Waals surface area contributed by atoms with Gasteiger partial charge < -0.3 is 4.90 Å². The van der Waals surface area contributed by atoms with Gasteiger partial charge in [0.15, 0.2) is 0 Å². The third-order valence-electron chi connectivity index (χ3n) is 4.18. The van der Waals surface area contributed by atoms with E-state index in [4.69, 9.17) is 0 Å². The SMILES string of the molecule is Cc1ccc(N2CCC(C)c3ccccc3C2)cc1. The van der Waals surface area contributed by atoms with Gasteiger partial charge in [-0.1, -0.05) is 48.9 Å². The van der Waals surface area contributed by atoms with Crippen LogP contribution in [0.1, 0.15) is 36.0 Å². The van der Waals surface area contributed by atoms with Crippen LogP contribution in [0.15, 0.2) is 48.5 Å². The van der Waals surface area contributed by atoms with Crippen LogP contribution in [0, 0.1) is 6.92 Å². The number of anilines is 1. The number of hydrogen-bond acceptors (Lipinski definition) is 1. The van der Waals surface area contributed by atoms with Gasteiger partial charge in [0.05, 0.1) is 0 Å². The van der Waals surface area contributed by atoms with Crippen molar-refractivity contribution in [3.8, 4) is 0 Å². The molecule has 0 aromatic heterocycles. The Morgan fingerprint density at radius 3 is 2.53 bits per heavy atom. The molecule has 0 saturated heterocycles. The van der Waals surface area contributed by atoms with Gasteiger partial charge in [-0.2, -0.15) is 0 Å². The van der Waals surface area contributed by atoms with Crippen molar-refractivity contribution < 1.29 is 0 Å². The second-order valence-electron chi connectivity index (χ2n) is 5.65. The molecule has 1 aliphatic rings. The van der Waals surface area contributed by atoms with Crippen LogP contribution in [0.25, 0.3) is 0 Å². The maximum absolute atomic E-state index is 2.50. The molecule has 0 fully saturated rings. The normalized spacial score (nSPS) is 18.8. The Balaban J connectivity index is 1.92. The largest absolute Gasteiger partial charge is 0.367 e. The summed E-state index contributed by atoms with van der Waals surface area (Å²) >= 11 is 0. The Morgan fingerprint density at radius 1 is 1.00 bits per heavy atom. The van der Waals surface area contributed by atoms with E-state index in [1.54, 1.807) is 0 Å². The smallest absolute Gasteiger partial charge is 0.0432 e. The highest BCUT2D eigenvalue weighted by atomic mass is 15.1. The number of nitrogens with zero attached hydrogens (tertiary/aromatic N) is 1. The van der Waals surface area contributed by atoms with E-state index in [-0.39, 0.29) is 0 Å². The Morgan fingerprint density at radius 2 is 1.74 bits per heavy atom. The van der Waals surface area contributed by atoms with Gasteiger partial charge in [-0.05, 0) is 42.5 Å². The molecular weight excluding hydrogens is 230 g/mol. The summed E-state index contributed by atoms with van der Waals surface area (Å²) in [5.74, 6) is 0.659. The average Bonchev–Trinajstić information content (AvgIpc) is 2.60. The van der Waals surface area contributed by atoms with Crippen molar-refractivity contribution in [1.82, 2.24) is 0 Å². The first kappa shape index (κ1) is 12.3. The highest BCUT2D eigenvalue weighted by molar-refractivity contribution is 5.49. The van der Waals surface area contributed by atoms with Crippen molar-refractivity contribution in [2.45, 2.75) is 32.7 Å². The topological polar surface area (TPSA) is 3.24 Å². The lowest BCUT2D eigenvalue weighted by molar-refractivity contribution is 0.678. The molecule has 1 atom stereocenters. The molecule has 0 radical (unpaired) electrons. The zero-order valence-corrected chi connectivity index (χ0v) is 11.8. The molecule has 1 nitrogen and oxygen atoms in total. The molecule has 0 aliphatic carbocycles. The van der Waals surface area contributed by atoms with Gasteiger partial charge in [0.1, 0.15) is 0 Å². The Kier molecular flexibility index (Phi) is 3.29. The van der Waals surface area contributed by atoms with Crippen molar-refractivity contribution in [3.05, 3.63) is 65.2 Å². The van der Waals surface area contributed by atoms with Crippen LogP contribution in [0.5, 0.6) is 0 Å². The van der Waals surface area contributed by atoms with Gasteiger partial charge in [-0.15, -0.1) is 0 Å². The molecule has 1 aliphatic heterocycles. The van der Waals surface area contributed by atoms with E-state index >= 15 is 0 Å². The molecule has 0 N–H and O–H groups in total. The van der Waals surface area contributed by atoms with E-state index in [0.717, 1.165) is 13.1 Å². The summed E-state index contributed by atoms with van der Waals surface area (Å²) < 4.78 is 0. The van der Waals surface area contributed by atoms with E-state index in [1.807, 2.05) is 0 Å². The third-order valence-corrected chi connectivity index (χ3v) is 4.18. The van der Waals surface area contributed by atoms with Crippen molar-refractivity contribution in [1.29, 1.82) is 0 Å². The Bertz CT molecular complexity index is 556. The summed E-state index contributed by atoms with van der Waals surface area (Å²) in [5, 5.41) is 0. The van der Waals surface area contributed by atoms with E-state index < -0.39 is 0 Å². The van der Waals surface area contributed by atoms with Crippen LogP contribution < -0.4 is 4.90 Å². The quantitative estimate of drug-likeness (QED) is 0.721. The third kappa shape index (κ3) is 2.51. The van der Waals surface area contributed by atoms with E-state index in [2.05, 4.69) is 67.3 Å². The lowest BCUT2D eigenvalue weighted by Gasteiger charge is -2.23. The molecule has 1 heteroatoms. The fraction of sp³-hybridized carbons (Fsp3) is 0.333. The van der Waals surface area contributed by atoms with E-state index in [9.17, 15) is 0 Å². The monoisotopic (exact) mass is 251 g/mol. The molecular formula is C18H21N. The molecule has 19 heavy (non-hydrogen) atoms. The number of hydrogen-bond donors (Lipinski definition) is 0. The molecule has 98 valence electrons. The second kappa shape index (κ2) is 5.08. The van der Waals surface area contributed by atoms with Gasteiger partial charge >= 0.3 is 0 Å². The Hall–Kier alpha value is -1.76. The molecule has 2 aromatic rings. The van der Waals surface area contributed by atoms with Crippen LogP contribution in [-0.2, 0) is 6.54 Å². The highest BCUT2D eigenvalue weighted by Gasteiger charge is 2.19. The van der Waals surface area contributed by atoms with Crippen molar-refractivity contribution in [2.75, 3.05) is 11.4 Å². The predicted octanol–water partition coefficient (Wildman–Crippen LogP) is 4.51. The van der Waals surface area contributed by atoms with Gasteiger partial charge in [0, 0.05) is 18.8 Å². The molecule has 0 saturated carbocycles. The number of benzene rings is 2. The summed E-state index contributed by atoms with van der Waals surface area (Å²) in [7, 11) is 0. The van der Waals surface area contributed by atoms with Gasteiger partial charge in [0.2, 0.25) is 0 Å². The molecule has 3 rings (SSSR count). The minimum absolute atomic E-state index is 0.659. The summed E-state index contributed by atoms with van der Waals surface area (Å²) in [6.07, 6.45) is 1.23. The number of fused-ring (bicyclic) bond motifs is 1.